The van der Waals surface area contributed by atoms with Gasteiger partial charge in [-0.05, 0) is 23.9 Å². The number of carboxylic acid groups (broad SMARTS) is 1. The number of thiophene rings is 1. The predicted molar refractivity (Wildman–Crippen MR) is 82.5 cm³/mol. The molecule has 1 aromatic heterocycles. The average molecular weight is 335 g/mol. The van der Waals surface area contributed by atoms with Gasteiger partial charge in [0.25, 0.3) is 5.69 Å². The van der Waals surface area contributed by atoms with Gasteiger partial charge in [-0.3, -0.25) is 19.7 Å². The Labute approximate surface area is 135 Å². The maximum absolute atomic E-state index is 12.5. The Balaban J connectivity index is 2.67. The van der Waals surface area contributed by atoms with Gasteiger partial charge in [0.1, 0.15) is 0 Å². The number of hydrogen-bond donors (Lipinski definition) is 1. The number of rotatable bonds is 6. The number of nitro groups is 1. The first-order valence-electron chi connectivity index (χ1n) is 6.64. The van der Waals surface area contributed by atoms with Gasteiger partial charge in [0.2, 0.25) is 5.41 Å². The van der Waals surface area contributed by atoms with Gasteiger partial charge in [-0.15, -0.1) is 11.3 Å². The van der Waals surface area contributed by atoms with Crippen molar-refractivity contribution < 1.29 is 24.4 Å². The maximum atomic E-state index is 12.5. The fraction of sp³-hybridized carbons (Fsp3) is 0.200. The first-order chi connectivity index (χ1) is 10.9. The van der Waals surface area contributed by atoms with Crippen LogP contribution in [0.3, 0.4) is 0 Å². The van der Waals surface area contributed by atoms with Crippen molar-refractivity contribution >= 4 is 29.0 Å². The maximum Gasteiger partial charge on any atom is 0.333 e. The topological polar surface area (TPSA) is 107 Å². The van der Waals surface area contributed by atoms with Gasteiger partial charge in [0.15, 0.2) is 0 Å². The second-order valence-electron chi connectivity index (χ2n) is 4.56. The van der Waals surface area contributed by atoms with Crippen LogP contribution >= 0.6 is 11.3 Å². The fourth-order valence-corrected chi connectivity index (χ4v) is 3.17. The molecule has 0 saturated carbocycles. The second kappa shape index (κ2) is 6.57. The zero-order valence-electron chi connectivity index (χ0n) is 12.1. The molecule has 2 rings (SSSR count). The average Bonchev–Trinajstić information content (AvgIpc) is 3.03. The van der Waals surface area contributed by atoms with Crippen molar-refractivity contribution in [2.45, 2.75) is 12.3 Å². The van der Waals surface area contributed by atoms with E-state index in [1.807, 2.05) is 0 Å². The molecule has 0 amide bonds. The van der Waals surface area contributed by atoms with Crippen molar-refractivity contribution in [2.24, 2.45) is 0 Å². The number of non-ortho nitro benzene ring substituents is 1. The largest absolute Gasteiger partial charge is 0.480 e. The third kappa shape index (κ3) is 2.80. The molecule has 0 aliphatic carbocycles. The summed E-state index contributed by atoms with van der Waals surface area (Å²) >= 11 is 1.10. The molecule has 120 valence electrons. The summed E-state index contributed by atoms with van der Waals surface area (Å²) in [5.74, 6) is -2.32. The van der Waals surface area contributed by atoms with E-state index in [0.29, 0.717) is 0 Å². The molecular formula is C15H13NO6S. The highest BCUT2D eigenvalue weighted by Gasteiger charge is 2.52. The number of nitrogens with zero attached hydrogens (tertiary/aromatic N) is 1. The van der Waals surface area contributed by atoms with Crippen molar-refractivity contribution in [3.63, 3.8) is 0 Å². The minimum absolute atomic E-state index is 0.0201. The summed E-state index contributed by atoms with van der Waals surface area (Å²) in [4.78, 5) is 35.0. The predicted octanol–water partition coefficient (Wildman–Crippen LogP) is 2.59. The van der Waals surface area contributed by atoms with E-state index >= 15 is 0 Å². The van der Waals surface area contributed by atoms with Gasteiger partial charge < -0.3 is 9.84 Å². The van der Waals surface area contributed by atoms with Crippen LogP contribution in [0.5, 0.6) is 0 Å². The number of hydrogen-bond acceptors (Lipinski definition) is 6. The summed E-state index contributed by atoms with van der Waals surface area (Å²) in [5.41, 5.74) is -2.13. The van der Waals surface area contributed by atoms with Crippen molar-refractivity contribution in [3.05, 3.63) is 62.3 Å². The van der Waals surface area contributed by atoms with Gasteiger partial charge in [-0.2, -0.15) is 0 Å². The van der Waals surface area contributed by atoms with Gasteiger partial charge in [-0.25, -0.2) is 0 Å². The summed E-state index contributed by atoms with van der Waals surface area (Å²) < 4.78 is 4.98. The van der Waals surface area contributed by atoms with Crippen LogP contribution in [-0.2, 0) is 19.7 Å². The van der Waals surface area contributed by atoms with E-state index in [-0.39, 0.29) is 22.7 Å². The Morgan fingerprint density at radius 3 is 2.39 bits per heavy atom. The summed E-state index contributed by atoms with van der Waals surface area (Å²) in [5, 5.41) is 22.2. The Morgan fingerprint density at radius 2 is 1.96 bits per heavy atom. The van der Waals surface area contributed by atoms with E-state index in [4.69, 9.17) is 4.74 Å². The van der Waals surface area contributed by atoms with E-state index in [2.05, 4.69) is 0 Å². The second-order valence-corrected chi connectivity index (χ2v) is 5.50. The number of ether oxygens (including phenoxy) is 1. The summed E-state index contributed by atoms with van der Waals surface area (Å²) in [7, 11) is 0. The number of carbonyl (C=O) groups excluding carboxylic acids is 1. The first-order valence-corrected chi connectivity index (χ1v) is 7.52. The number of carbonyl (C=O) groups is 2. The van der Waals surface area contributed by atoms with E-state index in [9.17, 15) is 24.8 Å². The molecule has 1 atom stereocenters. The SMILES string of the molecule is CCOC(=O)C(C(=O)O)(c1ccc([N+](=O)[O-])cc1)c1cccs1. The number of benzene rings is 1. The highest BCUT2D eigenvalue weighted by molar-refractivity contribution is 7.10. The molecule has 0 aliphatic rings. The number of nitro benzene ring substituents is 1. The molecule has 0 spiro atoms. The lowest BCUT2D eigenvalue weighted by molar-refractivity contribution is -0.384. The monoisotopic (exact) mass is 335 g/mol. The first kappa shape index (κ1) is 16.6. The Kier molecular flexibility index (Phi) is 4.75. The highest BCUT2D eigenvalue weighted by atomic mass is 32.1. The van der Waals surface area contributed by atoms with Crippen molar-refractivity contribution in [2.75, 3.05) is 6.61 Å². The van der Waals surface area contributed by atoms with Crippen LogP contribution in [0.4, 0.5) is 5.69 Å². The molecule has 0 radical (unpaired) electrons. The third-order valence-corrected chi connectivity index (χ3v) is 4.29. The Hall–Kier alpha value is -2.74. The summed E-state index contributed by atoms with van der Waals surface area (Å²) in [6, 6.07) is 8.02. The lowest BCUT2D eigenvalue weighted by atomic mass is 9.79. The molecule has 1 heterocycles. The Morgan fingerprint density at radius 1 is 1.30 bits per heavy atom. The molecule has 1 N–H and O–H groups in total. The van der Waals surface area contributed by atoms with E-state index < -0.39 is 22.3 Å². The number of aliphatic carboxylic acids is 1. The molecule has 0 bridgehead atoms. The van der Waals surface area contributed by atoms with E-state index in [0.717, 1.165) is 11.3 Å². The standard InChI is InChI=1S/C15H13NO6S/c1-2-22-14(19)15(13(17)18,12-4-3-9-23-12)10-5-7-11(8-6-10)16(20)21/h3-9H,2H2,1H3,(H,17,18). The minimum atomic E-state index is -2.04. The molecule has 7 nitrogen and oxygen atoms in total. The highest BCUT2D eigenvalue weighted by Crippen LogP contribution is 2.37. The van der Waals surface area contributed by atoms with Crippen LogP contribution in [0.2, 0.25) is 0 Å². The van der Waals surface area contributed by atoms with Gasteiger partial charge in [0, 0.05) is 17.0 Å². The van der Waals surface area contributed by atoms with E-state index in [1.54, 1.807) is 18.4 Å². The quantitative estimate of drug-likeness (QED) is 0.376. The normalized spacial score (nSPS) is 13.1. The minimum Gasteiger partial charge on any atom is -0.480 e. The summed E-state index contributed by atoms with van der Waals surface area (Å²) in [6.45, 7) is 1.60. The number of esters is 1. The zero-order valence-corrected chi connectivity index (χ0v) is 12.9. The third-order valence-electron chi connectivity index (χ3n) is 3.30. The van der Waals surface area contributed by atoms with Crippen LogP contribution in [0, 0.1) is 10.1 Å². The zero-order chi connectivity index (χ0) is 17.0. The molecule has 2 aromatic rings. The van der Waals surface area contributed by atoms with Gasteiger partial charge in [-0.1, -0.05) is 18.2 Å². The van der Waals surface area contributed by atoms with Crippen molar-refractivity contribution in [1.29, 1.82) is 0 Å². The van der Waals surface area contributed by atoms with Crippen LogP contribution in [0.25, 0.3) is 0 Å². The fourth-order valence-electron chi connectivity index (χ4n) is 2.24. The Bertz CT molecular complexity index is 725. The smallest absolute Gasteiger partial charge is 0.333 e. The molecule has 0 fully saturated rings. The van der Waals surface area contributed by atoms with Crippen LogP contribution in [-0.4, -0.2) is 28.6 Å². The molecule has 1 unspecified atom stereocenters. The van der Waals surface area contributed by atoms with Crippen LogP contribution in [0.1, 0.15) is 17.4 Å². The number of carboxylic acids is 1. The van der Waals surface area contributed by atoms with E-state index in [1.165, 1.54) is 30.3 Å². The molecule has 23 heavy (non-hydrogen) atoms. The lowest BCUT2D eigenvalue weighted by Crippen LogP contribution is -2.45. The summed E-state index contributed by atoms with van der Waals surface area (Å²) in [6.07, 6.45) is 0. The molecule has 8 heteroatoms. The van der Waals surface area contributed by atoms with Gasteiger partial charge in [0.05, 0.1) is 11.5 Å². The van der Waals surface area contributed by atoms with Crippen molar-refractivity contribution in [3.8, 4) is 0 Å². The van der Waals surface area contributed by atoms with Gasteiger partial charge >= 0.3 is 11.9 Å². The molecule has 1 aromatic carbocycles. The molecular weight excluding hydrogens is 322 g/mol. The van der Waals surface area contributed by atoms with Crippen molar-refractivity contribution in [1.82, 2.24) is 0 Å². The van der Waals surface area contributed by atoms with Crippen LogP contribution in [0.15, 0.2) is 41.8 Å². The molecule has 0 saturated heterocycles. The molecule has 0 aliphatic heterocycles. The lowest BCUT2D eigenvalue weighted by Gasteiger charge is -2.26. The van der Waals surface area contributed by atoms with Crippen LogP contribution < -0.4 is 0 Å².